The number of hydrogen-bond donors (Lipinski definition) is 2. The molecule has 128 valence electrons. The van der Waals surface area contributed by atoms with Crippen molar-refractivity contribution in [2.24, 2.45) is 0 Å². The van der Waals surface area contributed by atoms with Gasteiger partial charge >= 0.3 is 6.03 Å². The summed E-state index contributed by atoms with van der Waals surface area (Å²) in [6, 6.07) is 13.1. The van der Waals surface area contributed by atoms with Crippen molar-refractivity contribution in [3.05, 3.63) is 63.6 Å². The SMILES string of the molecule is CC(C)(C)c1ccccc1NC(=O)NCCc1ccc(Cl)c(Cl)c1. The molecule has 0 aliphatic rings. The van der Waals surface area contributed by atoms with E-state index in [1.165, 1.54) is 0 Å². The lowest BCUT2D eigenvalue weighted by molar-refractivity contribution is 0.252. The average molecular weight is 365 g/mol. The summed E-state index contributed by atoms with van der Waals surface area (Å²) in [7, 11) is 0. The molecule has 2 aromatic rings. The first-order chi connectivity index (χ1) is 11.3. The van der Waals surface area contributed by atoms with Crippen LogP contribution in [0.3, 0.4) is 0 Å². The molecule has 2 N–H and O–H groups in total. The van der Waals surface area contributed by atoms with Gasteiger partial charge in [-0.2, -0.15) is 0 Å². The summed E-state index contributed by atoms with van der Waals surface area (Å²) in [5.74, 6) is 0. The minimum atomic E-state index is -0.216. The standard InChI is InChI=1S/C19H22Cl2N2O/c1-19(2,3)14-6-4-5-7-17(14)23-18(24)22-11-10-13-8-9-15(20)16(21)12-13/h4-9,12H,10-11H2,1-3H3,(H2,22,23,24). The van der Waals surface area contributed by atoms with Gasteiger partial charge in [-0.05, 0) is 41.2 Å². The first-order valence-corrected chi connectivity index (χ1v) is 8.61. The highest BCUT2D eigenvalue weighted by molar-refractivity contribution is 6.42. The zero-order valence-electron chi connectivity index (χ0n) is 14.1. The Labute approximate surface area is 153 Å². The minimum absolute atomic E-state index is 0.0378. The zero-order valence-corrected chi connectivity index (χ0v) is 15.6. The van der Waals surface area contributed by atoms with Crippen LogP contribution in [0.2, 0.25) is 10.0 Å². The van der Waals surface area contributed by atoms with Crippen LogP contribution < -0.4 is 10.6 Å². The summed E-state index contributed by atoms with van der Waals surface area (Å²) in [5.41, 5.74) is 2.92. The Morgan fingerprint density at radius 2 is 1.75 bits per heavy atom. The highest BCUT2D eigenvalue weighted by Gasteiger charge is 2.18. The number of rotatable bonds is 4. The second-order valence-electron chi connectivity index (χ2n) is 6.67. The number of carbonyl (C=O) groups excluding carboxylic acids is 1. The Bertz CT molecular complexity index is 724. The summed E-state index contributed by atoms with van der Waals surface area (Å²) >= 11 is 11.9. The molecular formula is C19H22Cl2N2O. The van der Waals surface area contributed by atoms with Crippen LogP contribution in [0.25, 0.3) is 0 Å². The third-order valence-corrected chi connectivity index (χ3v) is 4.41. The molecule has 0 saturated heterocycles. The van der Waals surface area contributed by atoms with Crippen molar-refractivity contribution in [2.45, 2.75) is 32.6 Å². The van der Waals surface area contributed by atoms with Gasteiger partial charge in [0.25, 0.3) is 0 Å². The summed E-state index contributed by atoms with van der Waals surface area (Å²) in [4.78, 5) is 12.1. The number of hydrogen-bond acceptors (Lipinski definition) is 1. The quantitative estimate of drug-likeness (QED) is 0.722. The van der Waals surface area contributed by atoms with Crippen molar-refractivity contribution in [1.82, 2.24) is 5.32 Å². The predicted octanol–water partition coefficient (Wildman–Crippen LogP) is 5.66. The highest BCUT2D eigenvalue weighted by Crippen LogP contribution is 2.29. The van der Waals surface area contributed by atoms with Gasteiger partial charge in [-0.3, -0.25) is 0 Å². The Balaban J connectivity index is 1.91. The maximum Gasteiger partial charge on any atom is 0.319 e. The lowest BCUT2D eigenvalue weighted by Gasteiger charge is -2.23. The van der Waals surface area contributed by atoms with Gasteiger partial charge in [0.1, 0.15) is 0 Å². The Kier molecular flexibility index (Phi) is 6.14. The molecule has 0 saturated carbocycles. The van der Waals surface area contributed by atoms with Gasteiger partial charge in [-0.15, -0.1) is 0 Å². The number of benzene rings is 2. The van der Waals surface area contributed by atoms with E-state index in [9.17, 15) is 4.79 Å². The molecule has 3 nitrogen and oxygen atoms in total. The van der Waals surface area contributed by atoms with Crippen LogP contribution >= 0.6 is 23.2 Å². The molecule has 0 heterocycles. The van der Waals surface area contributed by atoms with Gasteiger partial charge < -0.3 is 10.6 Å². The minimum Gasteiger partial charge on any atom is -0.338 e. The van der Waals surface area contributed by atoms with Crippen molar-refractivity contribution in [2.75, 3.05) is 11.9 Å². The Morgan fingerprint density at radius 3 is 2.42 bits per heavy atom. The smallest absolute Gasteiger partial charge is 0.319 e. The summed E-state index contributed by atoms with van der Waals surface area (Å²) in [6.45, 7) is 6.88. The molecule has 0 aliphatic heterocycles. The number of anilines is 1. The van der Waals surface area contributed by atoms with E-state index in [2.05, 4.69) is 31.4 Å². The number of nitrogens with one attached hydrogen (secondary N) is 2. The zero-order chi connectivity index (χ0) is 17.7. The molecule has 0 bridgehead atoms. The van der Waals surface area contributed by atoms with Crippen LogP contribution in [-0.2, 0) is 11.8 Å². The highest BCUT2D eigenvalue weighted by atomic mass is 35.5. The fraction of sp³-hybridized carbons (Fsp3) is 0.316. The van der Waals surface area contributed by atoms with E-state index in [0.717, 1.165) is 16.8 Å². The molecule has 0 aliphatic carbocycles. The van der Waals surface area contributed by atoms with Crippen molar-refractivity contribution in [3.8, 4) is 0 Å². The fourth-order valence-electron chi connectivity index (χ4n) is 2.43. The monoisotopic (exact) mass is 364 g/mol. The number of amides is 2. The summed E-state index contributed by atoms with van der Waals surface area (Å²) in [5, 5.41) is 6.85. The molecule has 0 aromatic heterocycles. The van der Waals surface area contributed by atoms with Crippen molar-refractivity contribution in [3.63, 3.8) is 0 Å². The predicted molar refractivity (Wildman–Crippen MR) is 102 cm³/mol. The number of halogens is 2. The molecule has 2 rings (SSSR count). The molecule has 0 atom stereocenters. The third kappa shape index (κ3) is 5.15. The van der Waals surface area contributed by atoms with Crippen molar-refractivity contribution in [1.29, 1.82) is 0 Å². The Hall–Kier alpha value is -1.71. The van der Waals surface area contributed by atoms with Crippen LogP contribution in [0.4, 0.5) is 10.5 Å². The first kappa shape index (κ1) is 18.6. The molecule has 0 spiro atoms. The van der Waals surface area contributed by atoms with Gasteiger partial charge in [0, 0.05) is 12.2 Å². The molecular weight excluding hydrogens is 343 g/mol. The second-order valence-corrected chi connectivity index (χ2v) is 7.49. The molecule has 0 fully saturated rings. The van der Waals surface area contributed by atoms with Crippen LogP contribution in [0.5, 0.6) is 0 Å². The number of carbonyl (C=O) groups is 1. The van der Waals surface area contributed by atoms with Gasteiger partial charge in [0.05, 0.1) is 10.0 Å². The molecule has 2 aromatic carbocycles. The van der Waals surface area contributed by atoms with E-state index in [0.29, 0.717) is 23.0 Å². The molecule has 0 unspecified atom stereocenters. The maximum atomic E-state index is 12.1. The molecule has 5 heteroatoms. The number of urea groups is 1. The number of para-hydroxylation sites is 1. The van der Waals surface area contributed by atoms with E-state index in [1.807, 2.05) is 36.4 Å². The summed E-state index contributed by atoms with van der Waals surface area (Å²) < 4.78 is 0. The van der Waals surface area contributed by atoms with Crippen LogP contribution in [0.15, 0.2) is 42.5 Å². The summed E-state index contributed by atoms with van der Waals surface area (Å²) in [6.07, 6.45) is 0.686. The van der Waals surface area contributed by atoms with Crippen LogP contribution in [0.1, 0.15) is 31.9 Å². The lowest BCUT2D eigenvalue weighted by atomic mass is 9.86. The molecule has 24 heavy (non-hydrogen) atoms. The van der Waals surface area contributed by atoms with Gasteiger partial charge in [-0.1, -0.05) is 68.2 Å². The Morgan fingerprint density at radius 1 is 1.04 bits per heavy atom. The van der Waals surface area contributed by atoms with E-state index in [1.54, 1.807) is 6.07 Å². The van der Waals surface area contributed by atoms with Gasteiger partial charge in [0.15, 0.2) is 0 Å². The van der Waals surface area contributed by atoms with E-state index < -0.39 is 0 Å². The van der Waals surface area contributed by atoms with E-state index in [4.69, 9.17) is 23.2 Å². The van der Waals surface area contributed by atoms with Crippen molar-refractivity contribution < 1.29 is 4.79 Å². The third-order valence-electron chi connectivity index (χ3n) is 3.67. The van der Waals surface area contributed by atoms with E-state index in [-0.39, 0.29) is 11.4 Å². The molecule has 0 radical (unpaired) electrons. The van der Waals surface area contributed by atoms with E-state index >= 15 is 0 Å². The van der Waals surface area contributed by atoms with Crippen LogP contribution in [-0.4, -0.2) is 12.6 Å². The largest absolute Gasteiger partial charge is 0.338 e. The second kappa shape index (κ2) is 7.91. The van der Waals surface area contributed by atoms with Gasteiger partial charge in [-0.25, -0.2) is 4.79 Å². The molecule has 2 amide bonds. The van der Waals surface area contributed by atoms with Crippen LogP contribution in [0, 0.1) is 0 Å². The lowest BCUT2D eigenvalue weighted by Crippen LogP contribution is -2.31. The van der Waals surface area contributed by atoms with Crippen molar-refractivity contribution >= 4 is 34.9 Å². The fourth-order valence-corrected chi connectivity index (χ4v) is 2.75. The van der Waals surface area contributed by atoms with Gasteiger partial charge in [0.2, 0.25) is 0 Å². The normalized spacial score (nSPS) is 11.2. The average Bonchev–Trinajstić information content (AvgIpc) is 2.50. The topological polar surface area (TPSA) is 41.1 Å². The first-order valence-electron chi connectivity index (χ1n) is 7.85. The maximum absolute atomic E-state index is 12.1.